The second-order valence-electron chi connectivity index (χ2n) is 6.69. The number of aromatic nitrogens is 3. The van der Waals surface area contributed by atoms with E-state index in [4.69, 9.17) is 0 Å². The fourth-order valence-corrected chi connectivity index (χ4v) is 3.59. The van der Waals surface area contributed by atoms with Crippen molar-refractivity contribution in [3.8, 4) is 0 Å². The highest BCUT2D eigenvalue weighted by molar-refractivity contribution is 5.95. The zero-order valence-corrected chi connectivity index (χ0v) is 14.5. The number of rotatable bonds is 3. The highest BCUT2D eigenvalue weighted by Crippen LogP contribution is 2.18. The number of carbonyl (C=O) groups is 3. The van der Waals surface area contributed by atoms with Gasteiger partial charge >= 0.3 is 0 Å². The summed E-state index contributed by atoms with van der Waals surface area (Å²) in [6.45, 7) is 1.66. The van der Waals surface area contributed by atoms with Gasteiger partial charge in [-0.05, 0) is 12.1 Å². The van der Waals surface area contributed by atoms with E-state index in [0.717, 1.165) is 11.0 Å². The van der Waals surface area contributed by atoms with E-state index in [0.29, 0.717) is 19.6 Å². The van der Waals surface area contributed by atoms with Crippen molar-refractivity contribution >= 4 is 28.8 Å². The molecule has 2 fully saturated rings. The molecule has 2 aromatic rings. The summed E-state index contributed by atoms with van der Waals surface area (Å²) >= 11 is 0. The zero-order chi connectivity index (χ0) is 18.3. The maximum absolute atomic E-state index is 12.6. The van der Waals surface area contributed by atoms with Crippen LogP contribution in [0.25, 0.3) is 11.0 Å². The van der Waals surface area contributed by atoms with Crippen LogP contribution < -0.4 is 0 Å². The van der Waals surface area contributed by atoms with Crippen LogP contribution in [0.1, 0.15) is 6.42 Å². The van der Waals surface area contributed by atoms with Crippen molar-refractivity contribution in [2.45, 2.75) is 19.0 Å². The Kier molecular flexibility index (Phi) is 4.06. The number of likely N-dealkylation sites (N-methyl/N-ethyl adjacent to an activating group) is 1. The Labute approximate surface area is 150 Å². The van der Waals surface area contributed by atoms with Gasteiger partial charge in [0.05, 0.1) is 25.2 Å². The lowest BCUT2D eigenvalue weighted by atomic mass is 10.1. The summed E-state index contributed by atoms with van der Waals surface area (Å²) in [5, 5.41) is 8.18. The standard InChI is InChI=1S/C17H20N6O3/c1-20-11-16(25)22-9-8-21(10-14(22)17(20)26)15(24)6-7-23-13-5-3-2-4-12(13)18-19-23/h2-5,14H,6-11H2,1H3/t14-/m0/s1. The Balaban J connectivity index is 1.41. The van der Waals surface area contributed by atoms with E-state index in [1.54, 1.807) is 21.5 Å². The van der Waals surface area contributed by atoms with Gasteiger partial charge in [-0.1, -0.05) is 17.3 Å². The van der Waals surface area contributed by atoms with Crippen molar-refractivity contribution in [1.29, 1.82) is 0 Å². The first-order valence-electron chi connectivity index (χ1n) is 8.65. The summed E-state index contributed by atoms with van der Waals surface area (Å²) in [5.41, 5.74) is 1.68. The molecule has 0 bridgehead atoms. The molecule has 0 unspecified atom stereocenters. The number of carbonyl (C=O) groups excluding carboxylic acids is 3. The van der Waals surface area contributed by atoms with Crippen LogP contribution in [-0.4, -0.2) is 86.7 Å². The molecule has 0 aliphatic carbocycles. The Morgan fingerprint density at radius 3 is 2.88 bits per heavy atom. The monoisotopic (exact) mass is 356 g/mol. The lowest BCUT2D eigenvalue weighted by Gasteiger charge is -2.45. The van der Waals surface area contributed by atoms with Crippen LogP contribution in [0, 0.1) is 0 Å². The molecule has 4 rings (SSSR count). The number of nitrogens with zero attached hydrogens (tertiary/aromatic N) is 6. The van der Waals surface area contributed by atoms with Crippen LogP contribution >= 0.6 is 0 Å². The molecule has 0 saturated carbocycles. The van der Waals surface area contributed by atoms with Gasteiger partial charge < -0.3 is 14.7 Å². The summed E-state index contributed by atoms with van der Waals surface area (Å²) in [5.74, 6) is -0.208. The molecule has 1 aromatic carbocycles. The fourth-order valence-electron chi connectivity index (χ4n) is 3.59. The molecular formula is C17H20N6O3. The molecule has 9 heteroatoms. The van der Waals surface area contributed by atoms with Crippen molar-refractivity contribution in [3.05, 3.63) is 24.3 Å². The minimum atomic E-state index is -0.564. The molecular weight excluding hydrogens is 336 g/mol. The van der Waals surface area contributed by atoms with Crippen molar-refractivity contribution in [1.82, 2.24) is 29.7 Å². The quantitative estimate of drug-likeness (QED) is 0.728. The molecule has 2 aliphatic heterocycles. The lowest BCUT2D eigenvalue weighted by Crippen LogP contribution is -2.66. The topological polar surface area (TPSA) is 91.6 Å². The van der Waals surface area contributed by atoms with Gasteiger partial charge in [-0.3, -0.25) is 14.4 Å². The number of piperazine rings is 2. The first-order valence-corrected chi connectivity index (χ1v) is 8.65. The first kappa shape index (κ1) is 16.5. The summed E-state index contributed by atoms with van der Waals surface area (Å²) in [4.78, 5) is 41.7. The normalized spacial score (nSPS) is 20.7. The molecule has 2 aliphatic rings. The Hall–Kier alpha value is -2.97. The maximum atomic E-state index is 12.6. The van der Waals surface area contributed by atoms with Crippen LogP contribution in [0.2, 0.25) is 0 Å². The highest BCUT2D eigenvalue weighted by Gasteiger charge is 2.42. The Morgan fingerprint density at radius 2 is 2.04 bits per heavy atom. The molecule has 0 N–H and O–H groups in total. The van der Waals surface area contributed by atoms with Crippen molar-refractivity contribution in [2.75, 3.05) is 33.2 Å². The predicted octanol–water partition coefficient (Wildman–Crippen LogP) is -0.667. The molecule has 0 radical (unpaired) electrons. The number of benzene rings is 1. The molecule has 9 nitrogen and oxygen atoms in total. The minimum Gasteiger partial charge on any atom is -0.338 e. The number of hydrogen-bond donors (Lipinski definition) is 0. The molecule has 3 amide bonds. The second kappa shape index (κ2) is 6.40. The largest absolute Gasteiger partial charge is 0.338 e. The van der Waals surface area contributed by atoms with Gasteiger partial charge in [-0.2, -0.15) is 0 Å². The molecule has 136 valence electrons. The Morgan fingerprint density at radius 1 is 1.23 bits per heavy atom. The van der Waals surface area contributed by atoms with E-state index in [1.165, 1.54) is 4.90 Å². The first-order chi connectivity index (χ1) is 12.5. The van der Waals surface area contributed by atoms with Gasteiger partial charge in [0.15, 0.2) is 0 Å². The highest BCUT2D eigenvalue weighted by atomic mass is 16.2. The SMILES string of the molecule is CN1CC(=O)N2CCN(C(=O)CCn3nnc4ccccc43)C[C@H]2C1=O. The average Bonchev–Trinajstić information content (AvgIpc) is 3.07. The molecule has 1 atom stereocenters. The van der Waals surface area contributed by atoms with E-state index in [1.807, 2.05) is 24.3 Å². The zero-order valence-electron chi connectivity index (χ0n) is 14.5. The second-order valence-corrected chi connectivity index (χ2v) is 6.69. The van der Waals surface area contributed by atoms with Gasteiger partial charge in [0.1, 0.15) is 11.6 Å². The van der Waals surface area contributed by atoms with E-state index < -0.39 is 6.04 Å². The third-order valence-corrected chi connectivity index (χ3v) is 5.04. The fraction of sp³-hybridized carbons (Fsp3) is 0.471. The van der Waals surface area contributed by atoms with Crippen LogP contribution in [0.4, 0.5) is 0 Å². The van der Waals surface area contributed by atoms with Crippen LogP contribution in [-0.2, 0) is 20.9 Å². The number of hydrogen-bond acceptors (Lipinski definition) is 5. The van der Waals surface area contributed by atoms with Crippen LogP contribution in [0.15, 0.2) is 24.3 Å². The van der Waals surface area contributed by atoms with E-state index in [-0.39, 0.29) is 37.2 Å². The van der Waals surface area contributed by atoms with E-state index in [9.17, 15) is 14.4 Å². The van der Waals surface area contributed by atoms with Crippen molar-refractivity contribution < 1.29 is 14.4 Å². The summed E-state index contributed by atoms with van der Waals surface area (Å²) in [6.07, 6.45) is 0.276. The smallest absolute Gasteiger partial charge is 0.247 e. The van der Waals surface area contributed by atoms with Gasteiger partial charge in [-0.15, -0.1) is 5.10 Å². The number of fused-ring (bicyclic) bond motifs is 2. The van der Waals surface area contributed by atoms with E-state index >= 15 is 0 Å². The Bertz CT molecular complexity index is 878. The van der Waals surface area contributed by atoms with Gasteiger partial charge in [-0.25, -0.2) is 4.68 Å². The molecule has 26 heavy (non-hydrogen) atoms. The third-order valence-electron chi connectivity index (χ3n) is 5.04. The third kappa shape index (κ3) is 2.79. The lowest BCUT2D eigenvalue weighted by molar-refractivity contribution is -0.160. The predicted molar refractivity (Wildman–Crippen MR) is 91.9 cm³/mol. The average molecular weight is 356 g/mol. The summed E-state index contributed by atoms with van der Waals surface area (Å²) < 4.78 is 1.71. The summed E-state index contributed by atoms with van der Waals surface area (Å²) in [6, 6.07) is 7.03. The molecule has 1 aromatic heterocycles. The summed E-state index contributed by atoms with van der Waals surface area (Å²) in [7, 11) is 1.62. The van der Waals surface area contributed by atoms with Crippen molar-refractivity contribution in [3.63, 3.8) is 0 Å². The molecule has 3 heterocycles. The van der Waals surface area contributed by atoms with Crippen LogP contribution in [0.3, 0.4) is 0 Å². The van der Waals surface area contributed by atoms with Crippen molar-refractivity contribution in [2.24, 2.45) is 0 Å². The van der Waals surface area contributed by atoms with Crippen LogP contribution in [0.5, 0.6) is 0 Å². The molecule has 2 saturated heterocycles. The van der Waals surface area contributed by atoms with Gasteiger partial charge in [0.2, 0.25) is 17.7 Å². The number of aryl methyl sites for hydroxylation is 1. The van der Waals surface area contributed by atoms with E-state index in [2.05, 4.69) is 10.3 Å². The van der Waals surface area contributed by atoms with Gasteiger partial charge in [0, 0.05) is 26.6 Å². The maximum Gasteiger partial charge on any atom is 0.247 e. The number of para-hydroxylation sites is 1. The molecule has 0 spiro atoms. The van der Waals surface area contributed by atoms with Gasteiger partial charge in [0.25, 0.3) is 0 Å². The minimum absolute atomic E-state index is 0.0438. The number of amides is 3.